The summed E-state index contributed by atoms with van der Waals surface area (Å²) in [6.07, 6.45) is 9.79. The summed E-state index contributed by atoms with van der Waals surface area (Å²) in [6.45, 7) is 6.40. The molecule has 1 atom stereocenters. The Morgan fingerprint density at radius 1 is 1.09 bits per heavy atom. The van der Waals surface area contributed by atoms with Crippen molar-refractivity contribution in [1.82, 2.24) is 30.0 Å². The van der Waals surface area contributed by atoms with Crippen LogP contribution in [-0.4, -0.2) is 69.3 Å². The lowest BCUT2D eigenvalue weighted by Gasteiger charge is -2.36. The molecule has 2 aliphatic heterocycles. The van der Waals surface area contributed by atoms with E-state index in [1.165, 1.54) is 5.56 Å². The Morgan fingerprint density at radius 2 is 1.91 bits per heavy atom. The zero-order valence-electron chi connectivity index (χ0n) is 20.4. The van der Waals surface area contributed by atoms with E-state index in [0.29, 0.717) is 23.8 Å². The number of hydrogen-bond acceptors (Lipinski definition) is 9. The molecule has 0 spiro atoms. The largest absolute Gasteiger partial charge is 0.355 e. The molecule has 1 saturated heterocycles. The van der Waals surface area contributed by atoms with E-state index in [9.17, 15) is 0 Å². The van der Waals surface area contributed by atoms with E-state index >= 15 is 0 Å². The fourth-order valence-corrected chi connectivity index (χ4v) is 4.81. The standard InChI is InChI=1S/C25H33N9/c1-5-17(2)34-21-16-26-11-8-18(21)14-19-15-27-25(29-24(19)34)28-22-6-7-23(31-30-22)33-12-9-20(10-13-33)32(3)4/h6-8,11,15-17,20H,5,9-10,12-14H2,1-4H3,(H,27,28,29,30). The normalized spacial score (nSPS) is 16.9. The zero-order valence-corrected chi connectivity index (χ0v) is 20.4. The van der Waals surface area contributed by atoms with Crippen LogP contribution in [0.3, 0.4) is 0 Å². The summed E-state index contributed by atoms with van der Waals surface area (Å²) in [4.78, 5) is 20.7. The summed E-state index contributed by atoms with van der Waals surface area (Å²) in [6, 6.07) is 7.00. The molecule has 0 bridgehead atoms. The van der Waals surface area contributed by atoms with E-state index in [-0.39, 0.29) is 0 Å². The Bertz CT molecular complexity index is 1120. The molecule has 34 heavy (non-hydrogen) atoms. The average Bonchev–Trinajstić information content (AvgIpc) is 2.87. The van der Waals surface area contributed by atoms with Crippen molar-refractivity contribution in [1.29, 1.82) is 0 Å². The molecular weight excluding hydrogens is 426 g/mol. The van der Waals surface area contributed by atoms with Gasteiger partial charge < -0.3 is 20.0 Å². The third-order valence-electron chi connectivity index (χ3n) is 7.04. The number of nitrogens with one attached hydrogen (secondary N) is 1. The van der Waals surface area contributed by atoms with Gasteiger partial charge in [0.25, 0.3) is 0 Å². The Balaban J connectivity index is 1.33. The second-order valence-corrected chi connectivity index (χ2v) is 9.43. The predicted octanol–water partition coefficient (Wildman–Crippen LogP) is 3.78. The SMILES string of the molecule is CCC(C)N1c2cnccc2Cc2cnc(Nc3ccc(N4CCC(N(C)C)CC4)nn3)nc21. The van der Waals surface area contributed by atoms with Crippen molar-refractivity contribution >= 4 is 29.1 Å². The fourth-order valence-electron chi connectivity index (χ4n) is 4.81. The van der Waals surface area contributed by atoms with E-state index in [1.807, 2.05) is 30.7 Å². The van der Waals surface area contributed by atoms with Crippen LogP contribution in [0.2, 0.25) is 0 Å². The molecule has 178 valence electrons. The van der Waals surface area contributed by atoms with Gasteiger partial charge in [-0.2, -0.15) is 4.98 Å². The van der Waals surface area contributed by atoms with Crippen molar-refractivity contribution in [2.24, 2.45) is 0 Å². The first-order valence-electron chi connectivity index (χ1n) is 12.1. The Hall–Kier alpha value is -3.33. The molecule has 3 aromatic rings. The summed E-state index contributed by atoms with van der Waals surface area (Å²) in [5.74, 6) is 3.01. The van der Waals surface area contributed by atoms with Crippen molar-refractivity contribution in [3.8, 4) is 0 Å². The Labute approximate surface area is 201 Å². The second kappa shape index (κ2) is 9.50. The van der Waals surface area contributed by atoms with E-state index < -0.39 is 0 Å². The highest BCUT2D eigenvalue weighted by atomic mass is 15.3. The lowest BCUT2D eigenvalue weighted by Crippen LogP contribution is -2.42. The quantitative estimate of drug-likeness (QED) is 0.592. The maximum Gasteiger partial charge on any atom is 0.230 e. The zero-order chi connectivity index (χ0) is 23.7. The smallest absolute Gasteiger partial charge is 0.230 e. The van der Waals surface area contributed by atoms with Gasteiger partial charge in [-0.25, -0.2) is 4.98 Å². The summed E-state index contributed by atoms with van der Waals surface area (Å²) >= 11 is 0. The minimum atomic E-state index is 0.292. The lowest BCUT2D eigenvalue weighted by atomic mass is 9.99. The number of anilines is 5. The van der Waals surface area contributed by atoms with Crippen molar-refractivity contribution < 1.29 is 0 Å². The van der Waals surface area contributed by atoms with Crippen molar-refractivity contribution in [3.63, 3.8) is 0 Å². The molecule has 0 saturated carbocycles. The second-order valence-electron chi connectivity index (χ2n) is 9.43. The van der Waals surface area contributed by atoms with Crippen LogP contribution < -0.4 is 15.1 Å². The highest BCUT2D eigenvalue weighted by molar-refractivity contribution is 5.72. The van der Waals surface area contributed by atoms with E-state index in [0.717, 1.165) is 61.7 Å². The average molecular weight is 460 g/mol. The van der Waals surface area contributed by atoms with Crippen molar-refractivity contribution in [2.75, 3.05) is 42.3 Å². The molecule has 0 aromatic carbocycles. The number of rotatable bonds is 6. The fraction of sp³-hybridized carbons (Fsp3) is 0.480. The first-order chi connectivity index (χ1) is 16.5. The summed E-state index contributed by atoms with van der Waals surface area (Å²) in [7, 11) is 4.31. The van der Waals surface area contributed by atoms with Gasteiger partial charge in [-0.05, 0) is 64.0 Å². The summed E-state index contributed by atoms with van der Waals surface area (Å²) < 4.78 is 0. The maximum absolute atomic E-state index is 4.89. The molecule has 5 rings (SSSR count). The highest BCUT2D eigenvalue weighted by Crippen LogP contribution is 2.39. The van der Waals surface area contributed by atoms with Gasteiger partial charge in [0.2, 0.25) is 5.95 Å². The number of fused-ring (bicyclic) bond motifs is 2. The van der Waals surface area contributed by atoms with Crippen LogP contribution in [0.1, 0.15) is 44.2 Å². The van der Waals surface area contributed by atoms with Crippen LogP contribution in [0.4, 0.5) is 29.1 Å². The number of nitrogens with zero attached hydrogens (tertiary/aromatic N) is 8. The van der Waals surface area contributed by atoms with Gasteiger partial charge in [0.05, 0.1) is 11.9 Å². The van der Waals surface area contributed by atoms with Crippen LogP contribution in [-0.2, 0) is 6.42 Å². The van der Waals surface area contributed by atoms with Gasteiger partial charge in [0.15, 0.2) is 11.6 Å². The number of hydrogen-bond donors (Lipinski definition) is 1. The molecular formula is C25H33N9. The molecule has 0 aliphatic carbocycles. The molecule has 1 unspecified atom stereocenters. The highest BCUT2D eigenvalue weighted by Gasteiger charge is 2.28. The van der Waals surface area contributed by atoms with Crippen LogP contribution >= 0.6 is 0 Å². The molecule has 9 nitrogen and oxygen atoms in total. The predicted molar refractivity (Wildman–Crippen MR) is 135 cm³/mol. The van der Waals surface area contributed by atoms with Crippen LogP contribution in [0, 0.1) is 0 Å². The first-order valence-corrected chi connectivity index (χ1v) is 12.1. The van der Waals surface area contributed by atoms with Crippen molar-refractivity contribution in [2.45, 2.75) is 51.6 Å². The van der Waals surface area contributed by atoms with Crippen LogP contribution in [0.15, 0.2) is 36.8 Å². The topological polar surface area (TPSA) is 86.2 Å². The van der Waals surface area contributed by atoms with Gasteiger partial charge in [-0.1, -0.05) is 6.92 Å². The molecule has 5 heterocycles. The summed E-state index contributed by atoms with van der Waals surface area (Å²) in [5.41, 5.74) is 3.49. The third kappa shape index (κ3) is 4.40. The minimum absolute atomic E-state index is 0.292. The Kier molecular flexibility index (Phi) is 6.28. The van der Waals surface area contributed by atoms with Gasteiger partial charge in [0.1, 0.15) is 5.82 Å². The monoisotopic (exact) mass is 459 g/mol. The van der Waals surface area contributed by atoms with E-state index in [1.54, 1.807) is 0 Å². The number of aromatic nitrogens is 5. The Morgan fingerprint density at radius 3 is 2.62 bits per heavy atom. The number of pyridine rings is 1. The maximum atomic E-state index is 4.89. The third-order valence-corrected chi connectivity index (χ3v) is 7.04. The van der Waals surface area contributed by atoms with E-state index in [4.69, 9.17) is 4.98 Å². The van der Waals surface area contributed by atoms with E-state index in [2.05, 4.69) is 74.2 Å². The van der Waals surface area contributed by atoms with Crippen molar-refractivity contribution in [3.05, 3.63) is 47.9 Å². The molecule has 3 aromatic heterocycles. The molecule has 1 N–H and O–H groups in total. The van der Waals surface area contributed by atoms with Crippen LogP contribution in [0.5, 0.6) is 0 Å². The lowest BCUT2D eigenvalue weighted by molar-refractivity contribution is 0.249. The van der Waals surface area contributed by atoms with Gasteiger partial charge in [-0.15, -0.1) is 10.2 Å². The van der Waals surface area contributed by atoms with Crippen LogP contribution in [0.25, 0.3) is 0 Å². The van der Waals surface area contributed by atoms with Gasteiger partial charge in [-0.3, -0.25) is 4.98 Å². The first kappa shape index (κ1) is 22.5. The minimum Gasteiger partial charge on any atom is -0.355 e. The molecule has 0 radical (unpaired) electrons. The molecule has 1 fully saturated rings. The van der Waals surface area contributed by atoms with Gasteiger partial charge in [0, 0.05) is 49.6 Å². The number of piperidine rings is 1. The molecule has 2 aliphatic rings. The summed E-state index contributed by atoms with van der Waals surface area (Å²) in [5, 5.41) is 12.1. The molecule has 0 amide bonds. The molecule has 9 heteroatoms. The van der Waals surface area contributed by atoms with Gasteiger partial charge >= 0.3 is 0 Å².